The van der Waals surface area contributed by atoms with Crippen LogP contribution >= 0.6 is 38.9 Å². The molecule has 2 aliphatic rings. The van der Waals surface area contributed by atoms with Gasteiger partial charge in [0.05, 0.1) is 6.04 Å². The van der Waals surface area contributed by atoms with E-state index in [0.29, 0.717) is 6.54 Å². The first-order valence-electron chi connectivity index (χ1n) is 7.07. The molecule has 1 atom stereocenters. The first-order valence-corrected chi connectivity index (χ1v) is 9.06. The normalized spacial score (nSPS) is 21.1. The molecule has 19 heavy (non-hydrogen) atoms. The van der Waals surface area contributed by atoms with Gasteiger partial charge in [0.25, 0.3) is 0 Å². The average molecular weight is 364 g/mol. The van der Waals surface area contributed by atoms with Crippen LogP contribution in [-0.2, 0) is 0 Å². The molecule has 0 aromatic carbocycles. The molecule has 2 fully saturated rings. The Labute approximate surface area is 132 Å². The summed E-state index contributed by atoms with van der Waals surface area (Å²) < 4.78 is 1.80. The van der Waals surface area contributed by atoms with Crippen molar-refractivity contribution in [2.24, 2.45) is 23.5 Å². The van der Waals surface area contributed by atoms with E-state index in [2.05, 4.69) is 27.3 Å². The van der Waals surface area contributed by atoms with Gasteiger partial charge in [-0.25, -0.2) is 0 Å². The van der Waals surface area contributed by atoms with Gasteiger partial charge in [0, 0.05) is 15.9 Å². The summed E-state index contributed by atoms with van der Waals surface area (Å²) in [7, 11) is 0. The maximum absolute atomic E-state index is 6.12. The largest absolute Gasteiger partial charge is 0.329 e. The molecule has 1 aromatic rings. The lowest BCUT2D eigenvalue weighted by Gasteiger charge is -2.21. The highest BCUT2D eigenvalue weighted by atomic mass is 79.9. The van der Waals surface area contributed by atoms with Gasteiger partial charge in [-0.3, -0.25) is 0 Å². The second-order valence-electron chi connectivity index (χ2n) is 5.81. The molecule has 3 rings (SSSR count). The van der Waals surface area contributed by atoms with E-state index in [1.807, 2.05) is 0 Å². The van der Waals surface area contributed by atoms with Gasteiger partial charge < -0.3 is 11.1 Å². The van der Waals surface area contributed by atoms with Crippen molar-refractivity contribution in [1.82, 2.24) is 5.32 Å². The third kappa shape index (κ3) is 3.53. The van der Waals surface area contributed by atoms with Crippen molar-refractivity contribution in [3.8, 4) is 0 Å². The zero-order valence-electron chi connectivity index (χ0n) is 10.9. The highest BCUT2D eigenvalue weighted by Gasteiger charge is 2.41. The van der Waals surface area contributed by atoms with E-state index < -0.39 is 0 Å². The third-order valence-corrected chi connectivity index (χ3v) is 6.89. The van der Waals surface area contributed by atoms with Crippen LogP contribution in [0.5, 0.6) is 0 Å². The average Bonchev–Trinajstić information content (AvgIpc) is 3.26. The molecule has 106 valence electrons. The monoisotopic (exact) mass is 362 g/mol. The molecule has 2 aliphatic carbocycles. The fourth-order valence-corrected chi connectivity index (χ4v) is 4.71. The molecule has 1 aromatic heterocycles. The molecule has 0 amide bonds. The zero-order chi connectivity index (χ0) is 13.4. The summed E-state index contributed by atoms with van der Waals surface area (Å²) in [6.45, 7) is 1.75. The Bertz CT molecular complexity index is 411. The summed E-state index contributed by atoms with van der Waals surface area (Å²) in [6, 6.07) is 2.34. The van der Waals surface area contributed by atoms with Crippen molar-refractivity contribution < 1.29 is 0 Å². The number of nitrogens with two attached hydrogens (primary N) is 1. The molecule has 2 nitrogen and oxygen atoms in total. The van der Waals surface area contributed by atoms with E-state index in [0.717, 1.165) is 33.1 Å². The predicted molar refractivity (Wildman–Crippen MR) is 85.8 cm³/mol. The summed E-state index contributed by atoms with van der Waals surface area (Å²) in [5.41, 5.74) is 5.92. The molecule has 0 aliphatic heterocycles. The first kappa shape index (κ1) is 14.3. The summed E-state index contributed by atoms with van der Waals surface area (Å²) in [4.78, 5) is 1.24. The van der Waals surface area contributed by atoms with Gasteiger partial charge in [-0.05, 0) is 72.0 Å². The van der Waals surface area contributed by atoms with Crippen molar-refractivity contribution in [2.45, 2.75) is 31.7 Å². The summed E-state index contributed by atoms with van der Waals surface area (Å²) in [5.74, 6) is 2.85. The minimum Gasteiger partial charge on any atom is -0.329 e. The van der Waals surface area contributed by atoms with Gasteiger partial charge in [-0.2, -0.15) is 0 Å². The van der Waals surface area contributed by atoms with Gasteiger partial charge in [0.2, 0.25) is 0 Å². The van der Waals surface area contributed by atoms with Crippen molar-refractivity contribution in [3.05, 3.63) is 19.8 Å². The van der Waals surface area contributed by atoms with Gasteiger partial charge >= 0.3 is 0 Å². The lowest BCUT2D eigenvalue weighted by molar-refractivity contribution is 0.359. The zero-order valence-corrected chi connectivity index (χ0v) is 14.0. The van der Waals surface area contributed by atoms with Crippen molar-refractivity contribution in [2.75, 3.05) is 13.1 Å². The highest BCUT2D eigenvalue weighted by molar-refractivity contribution is 9.10. The number of thiophene rings is 1. The number of rotatable bonds is 7. The van der Waals surface area contributed by atoms with E-state index in [1.165, 1.54) is 30.6 Å². The van der Waals surface area contributed by atoms with Crippen LogP contribution in [0, 0.1) is 17.8 Å². The van der Waals surface area contributed by atoms with E-state index in [1.54, 1.807) is 11.3 Å². The van der Waals surface area contributed by atoms with Crippen LogP contribution in [0.3, 0.4) is 0 Å². The second kappa shape index (κ2) is 6.02. The number of hydrogen-bond donors (Lipinski definition) is 2. The number of hydrogen-bond acceptors (Lipinski definition) is 3. The van der Waals surface area contributed by atoms with Crippen molar-refractivity contribution in [1.29, 1.82) is 0 Å². The lowest BCUT2D eigenvalue weighted by atomic mass is 9.97. The minimum atomic E-state index is 0.244. The fourth-order valence-electron chi connectivity index (χ4n) is 2.88. The van der Waals surface area contributed by atoms with Crippen LogP contribution in [0.2, 0.25) is 4.34 Å². The summed E-state index contributed by atoms with van der Waals surface area (Å²) in [5, 5.41) is 3.67. The maximum Gasteiger partial charge on any atom is 0.107 e. The Morgan fingerprint density at radius 2 is 2.00 bits per heavy atom. The van der Waals surface area contributed by atoms with Crippen molar-refractivity contribution in [3.63, 3.8) is 0 Å². The molecule has 0 bridgehead atoms. The molecule has 0 radical (unpaired) electrons. The van der Waals surface area contributed by atoms with E-state index in [-0.39, 0.29) is 6.04 Å². The van der Waals surface area contributed by atoms with Crippen LogP contribution in [0.15, 0.2) is 10.5 Å². The summed E-state index contributed by atoms with van der Waals surface area (Å²) in [6.07, 6.45) is 5.75. The van der Waals surface area contributed by atoms with E-state index >= 15 is 0 Å². The predicted octanol–water partition coefficient (Wildman–Crippen LogP) is 4.19. The fraction of sp³-hybridized carbons (Fsp3) is 0.714. The standard InChI is InChI=1S/C14H20BrClN2S/c15-11-5-13(19-14(11)16)12(6-17)18-7-10(8-1-2-8)9-3-4-9/h5,8-10,12,18H,1-4,6-7,17H2. The first-order chi connectivity index (χ1) is 9.19. The minimum absolute atomic E-state index is 0.244. The van der Waals surface area contributed by atoms with Crippen LogP contribution in [-0.4, -0.2) is 13.1 Å². The molecule has 1 heterocycles. The van der Waals surface area contributed by atoms with Crippen LogP contribution in [0.4, 0.5) is 0 Å². The highest BCUT2D eigenvalue weighted by Crippen LogP contribution is 2.49. The molecule has 0 spiro atoms. The van der Waals surface area contributed by atoms with Crippen LogP contribution in [0.25, 0.3) is 0 Å². The van der Waals surface area contributed by atoms with E-state index in [9.17, 15) is 0 Å². The maximum atomic E-state index is 6.12. The lowest BCUT2D eigenvalue weighted by Crippen LogP contribution is -2.33. The topological polar surface area (TPSA) is 38.0 Å². The summed E-state index contributed by atoms with van der Waals surface area (Å²) >= 11 is 11.2. The van der Waals surface area contributed by atoms with E-state index in [4.69, 9.17) is 17.3 Å². The molecule has 3 N–H and O–H groups in total. The van der Waals surface area contributed by atoms with Crippen molar-refractivity contribution >= 4 is 38.9 Å². The van der Waals surface area contributed by atoms with Gasteiger partial charge in [-0.1, -0.05) is 11.6 Å². The van der Waals surface area contributed by atoms with Gasteiger partial charge in [-0.15, -0.1) is 11.3 Å². The number of halogens is 2. The smallest absolute Gasteiger partial charge is 0.107 e. The Balaban J connectivity index is 1.59. The Morgan fingerprint density at radius 3 is 2.42 bits per heavy atom. The molecule has 1 unspecified atom stereocenters. The quantitative estimate of drug-likeness (QED) is 0.762. The van der Waals surface area contributed by atoms with Gasteiger partial charge in [0.1, 0.15) is 4.34 Å². The Hall–Kier alpha value is 0.390. The van der Waals surface area contributed by atoms with Gasteiger partial charge in [0.15, 0.2) is 0 Å². The third-order valence-electron chi connectivity index (χ3n) is 4.30. The Morgan fingerprint density at radius 1 is 1.37 bits per heavy atom. The SMILES string of the molecule is NCC(NCC(C1CC1)C1CC1)c1cc(Br)c(Cl)s1. The molecule has 2 saturated carbocycles. The number of nitrogens with one attached hydrogen (secondary N) is 1. The molecule has 5 heteroatoms. The Kier molecular flexibility index (Phi) is 4.54. The molecular weight excluding hydrogens is 344 g/mol. The molecule has 0 saturated heterocycles. The molecular formula is C14H20BrClN2S. The van der Waals surface area contributed by atoms with Crippen LogP contribution in [0.1, 0.15) is 36.6 Å². The van der Waals surface area contributed by atoms with Crippen LogP contribution < -0.4 is 11.1 Å². The second-order valence-corrected chi connectivity index (χ2v) is 8.35.